The number of benzene rings is 1. The molecule has 0 saturated heterocycles. The molecule has 0 fully saturated rings. The van der Waals surface area contributed by atoms with Gasteiger partial charge in [-0.2, -0.15) is 0 Å². The van der Waals surface area contributed by atoms with E-state index in [-0.39, 0.29) is 30.6 Å². The average Bonchev–Trinajstić information content (AvgIpc) is 2.27. The van der Waals surface area contributed by atoms with E-state index in [1.54, 1.807) is 32.0 Å². The minimum absolute atomic E-state index is 0.0123. The molecule has 0 aliphatic carbocycles. The Morgan fingerprint density at radius 2 is 2.06 bits per heavy atom. The lowest BCUT2D eigenvalue weighted by Crippen LogP contribution is -2.48. The lowest BCUT2D eigenvalue weighted by atomic mass is 10.1. The van der Waals surface area contributed by atoms with Gasteiger partial charge in [-0.25, -0.2) is 0 Å². The molecule has 3 N–H and O–H groups in total. The van der Waals surface area contributed by atoms with Gasteiger partial charge >= 0.3 is 0 Å². The number of aliphatic hydroxyl groups excluding tert-OH is 1. The number of hydrogen-bond donors (Lipinski definition) is 3. The van der Waals surface area contributed by atoms with Gasteiger partial charge in [-0.3, -0.25) is 4.79 Å². The van der Waals surface area contributed by atoms with Crippen molar-refractivity contribution in [3.8, 4) is 11.5 Å². The number of aliphatic hydroxyl groups is 1. The van der Waals surface area contributed by atoms with E-state index in [2.05, 4.69) is 5.32 Å². The van der Waals surface area contributed by atoms with Crippen LogP contribution in [0.25, 0.3) is 0 Å². The van der Waals surface area contributed by atoms with Gasteiger partial charge in [0.1, 0.15) is 0 Å². The zero-order valence-corrected chi connectivity index (χ0v) is 9.93. The maximum atomic E-state index is 11.5. The Balaban J connectivity index is 2.47. The van der Waals surface area contributed by atoms with Gasteiger partial charge in [-0.05, 0) is 26.0 Å². The molecular weight excluding hydrogens is 222 g/mol. The van der Waals surface area contributed by atoms with Crippen molar-refractivity contribution >= 4 is 5.91 Å². The van der Waals surface area contributed by atoms with Crippen LogP contribution in [0.2, 0.25) is 0 Å². The van der Waals surface area contributed by atoms with Crippen molar-refractivity contribution in [3.05, 3.63) is 24.3 Å². The van der Waals surface area contributed by atoms with Crippen molar-refractivity contribution in [3.63, 3.8) is 0 Å². The normalized spacial score (nSPS) is 11.0. The van der Waals surface area contributed by atoms with E-state index in [4.69, 9.17) is 9.84 Å². The van der Waals surface area contributed by atoms with E-state index in [0.717, 1.165) is 0 Å². The van der Waals surface area contributed by atoms with Crippen LogP contribution in [0.3, 0.4) is 0 Å². The Bertz CT molecular complexity index is 390. The third-order valence-corrected chi connectivity index (χ3v) is 2.10. The molecule has 0 saturated carbocycles. The monoisotopic (exact) mass is 239 g/mol. The number of phenols is 1. The van der Waals surface area contributed by atoms with Crippen molar-refractivity contribution in [1.29, 1.82) is 0 Å². The number of para-hydroxylation sites is 2. The van der Waals surface area contributed by atoms with E-state index in [1.165, 1.54) is 6.07 Å². The highest BCUT2D eigenvalue weighted by molar-refractivity contribution is 5.78. The van der Waals surface area contributed by atoms with E-state index < -0.39 is 5.54 Å². The highest BCUT2D eigenvalue weighted by atomic mass is 16.5. The second-order valence-corrected chi connectivity index (χ2v) is 4.35. The molecule has 17 heavy (non-hydrogen) atoms. The number of hydrogen-bond acceptors (Lipinski definition) is 4. The number of carbonyl (C=O) groups excluding carboxylic acids is 1. The van der Waals surface area contributed by atoms with Crippen LogP contribution in [-0.4, -0.2) is 34.9 Å². The molecule has 0 radical (unpaired) electrons. The smallest absolute Gasteiger partial charge is 0.258 e. The van der Waals surface area contributed by atoms with Crippen LogP contribution in [0.1, 0.15) is 13.8 Å². The molecule has 5 nitrogen and oxygen atoms in total. The van der Waals surface area contributed by atoms with Crippen molar-refractivity contribution < 1.29 is 19.7 Å². The SMILES string of the molecule is CC(C)(CO)NC(=O)COc1ccccc1O. The van der Waals surface area contributed by atoms with Crippen molar-refractivity contribution in [2.75, 3.05) is 13.2 Å². The van der Waals surface area contributed by atoms with Gasteiger partial charge in [-0.15, -0.1) is 0 Å². The molecule has 0 atom stereocenters. The molecule has 0 spiro atoms. The molecule has 1 aromatic rings. The summed E-state index contributed by atoms with van der Waals surface area (Å²) in [4.78, 5) is 11.5. The second kappa shape index (κ2) is 5.54. The van der Waals surface area contributed by atoms with Gasteiger partial charge < -0.3 is 20.3 Å². The summed E-state index contributed by atoms with van der Waals surface area (Å²) in [6.45, 7) is 3.03. The van der Waals surface area contributed by atoms with Gasteiger partial charge in [0.25, 0.3) is 5.91 Å². The van der Waals surface area contributed by atoms with Crippen LogP contribution in [0, 0.1) is 0 Å². The topological polar surface area (TPSA) is 78.8 Å². The maximum Gasteiger partial charge on any atom is 0.258 e. The minimum atomic E-state index is -0.681. The lowest BCUT2D eigenvalue weighted by molar-refractivity contribution is -0.125. The zero-order valence-electron chi connectivity index (χ0n) is 9.93. The predicted molar refractivity (Wildman–Crippen MR) is 62.9 cm³/mol. The lowest BCUT2D eigenvalue weighted by Gasteiger charge is -2.23. The van der Waals surface area contributed by atoms with Crippen LogP contribution < -0.4 is 10.1 Å². The Morgan fingerprint density at radius 1 is 1.41 bits per heavy atom. The molecule has 1 rings (SSSR count). The zero-order chi connectivity index (χ0) is 12.9. The molecule has 0 aliphatic heterocycles. The summed E-state index contributed by atoms with van der Waals surface area (Å²) in [6.07, 6.45) is 0. The van der Waals surface area contributed by atoms with E-state index >= 15 is 0 Å². The highest BCUT2D eigenvalue weighted by Gasteiger charge is 2.19. The molecule has 94 valence electrons. The number of phenolic OH excluding ortho intramolecular Hbond substituents is 1. The third-order valence-electron chi connectivity index (χ3n) is 2.10. The van der Waals surface area contributed by atoms with Gasteiger partial charge in [0, 0.05) is 0 Å². The fourth-order valence-electron chi connectivity index (χ4n) is 1.18. The van der Waals surface area contributed by atoms with Crippen LogP contribution in [0.4, 0.5) is 0 Å². The van der Waals surface area contributed by atoms with E-state index in [9.17, 15) is 9.90 Å². The third kappa shape index (κ3) is 4.32. The summed E-state index contributed by atoms with van der Waals surface area (Å²) in [6, 6.07) is 6.41. The van der Waals surface area contributed by atoms with Crippen LogP contribution in [-0.2, 0) is 4.79 Å². The molecule has 0 heterocycles. The van der Waals surface area contributed by atoms with E-state index in [0.29, 0.717) is 0 Å². The maximum absolute atomic E-state index is 11.5. The van der Waals surface area contributed by atoms with E-state index in [1.807, 2.05) is 0 Å². The first-order valence-electron chi connectivity index (χ1n) is 5.27. The molecular formula is C12H17NO4. The van der Waals surface area contributed by atoms with Crippen LogP contribution >= 0.6 is 0 Å². The van der Waals surface area contributed by atoms with Crippen molar-refractivity contribution in [2.24, 2.45) is 0 Å². The van der Waals surface area contributed by atoms with Gasteiger partial charge in [0.05, 0.1) is 12.1 Å². The number of carbonyl (C=O) groups is 1. The minimum Gasteiger partial charge on any atom is -0.504 e. The average molecular weight is 239 g/mol. The molecule has 0 bridgehead atoms. The number of rotatable bonds is 5. The first kappa shape index (κ1) is 13.3. The molecule has 0 unspecified atom stereocenters. The molecule has 1 amide bonds. The molecule has 5 heteroatoms. The molecule has 0 aromatic heterocycles. The van der Waals surface area contributed by atoms with Gasteiger partial charge in [0.15, 0.2) is 18.1 Å². The Morgan fingerprint density at radius 3 is 2.65 bits per heavy atom. The summed E-state index contributed by atoms with van der Waals surface area (Å²) >= 11 is 0. The molecule has 1 aromatic carbocycles. The van der Waals surface area contributed by atoms with Crippen molar-refractivity contribution in [2.45, 2.75) is 19.4 Å². The predicted octanol–water partition coefficient (Wildman–Crippen LogP) is 0.658. The van der Waals surface area contributed by atoms with Crippen molar-refractivity contribution in [1.82, 2.24) is 5.32 Å². The van der Waals surface area contributed by atoms with Gasteiger partial charge in [-0.1, -0.05) is 12.1 Å². The Hall–Kier alpha value is -1.75. The number of ether oxygens (including phenoxy) is 1. The van der Waals surface area contributed by atoms with Gasteiger partial charge in [0.2, 0.25) is 0 Å². The first-order chi connectivity index (χ1) is 7.94. The summed E-state index contributed by atoms with van der Waals surface area (Å²) in [5, 5.41) is 21.0. The number of aromatic hydroxyl groups is 1. The van der Waals surface area contributed by atoms with Crippen LogP contribution in [0.5, 0.6) is 11.5 Å². The quantitative estimate of drug-likeness (QED) is 0.705. The number of nitrogens with one attached hydrogen (secondary N) is 1. The highest BCUT2D eigenvalue weighted by Crippen LogP contribution is 2.23. The standard InChI is InChI=1S/C12H17NO4/c1-12(2,8-14)13-11(16)7-17-10-6-4-3-5-9(10)15/h3-6,14-15H,7-8H2,1-2H3,(H,13,16). The second-order valence-electron chi connectivity index (χ2n) is 4.35. The fourth-order valence-corrected chi connectivity index (χ4v) is 1.18. The fraction of sp³-hybridized carbons (Fsp3) is 0.417. The summed E-state index contributed by atoms with van der Waals surface area (Å²) in [7, 11) is 0. The van der Waals surface area contributed by atoms with Crippen LogP contribution in [0.15, 0.2) is 24.3 Å². The summed E-state index contributed by atoms with van der Waals surface area (Å²) < 4.78 is 5.15. The largest absolute Gasteiger partial charge is 0.504 e. The summed E-state index contributed by atoms with van der Waals surface area (Å²) in [5.41, 5.74) is -0.681. The number of amides is 1. The Labute approximate surface area is 100 Å². The first-order valence-corrected chi connectivity index (χ1v) is 5.27. The molecule has 0 aliphatic rings. The summed E-state index contributed by atoms with van der Waals surface area (Å²) in [5.74, 6) is -0.113. The Kier molecular flexibility index (Phi) is 4.34.